The Morgan fingerprint density at radius 2 is 1.41 bits per heavy atom. The van der Waals surface area contributed by atoms with Gasteiger partial charge in [0.2, 0.25) is 0 Å². The molecule has 0 N–H and O–H groups in total. The molecule has 2 aromatic carbocycles. The van der Waals surface area contributed by atoms with Crippen LogP contribution in [0.1, 0.15) is 11.1 Å². The van der Waals surface area contributed by atoms with E-state index in [0.717, 1.165) is 37.2 Å². The third kappa shape index (κ3) is 4.03. The number of rotatable bonds is 4. The summed E-state index contributed by atoms with van der Waals surface area (Å²) in [6.45, 7) is 5.40. The van der Waals surface area contributed by atoms with Crippen molar-refractivity contribution in [1.82, 2.24) is 4.90 Å². The molecule has 2 aromatic rings. The Bertz CT molecular complexity index is 589. The third-order valence-electron chi connectivity index (χ3n) is 4.15. The van der Waals surface area contributed by atoms with Crippen LogP contribution in [-0.4, -0.2) is 31.1 Å². The van der Waals surface area contributed by atoms with Gasteiger partial charge in [0.25, 0.3) is 0 Å². The van der Waals surface area contributed by atoms with E-state index in [4.69, 9.17) is 11.6 Å². The average Bonchev–Trinajstić information content (AvgIpc) is 2.57. The van der Waals surface area contributed by atoms with E-state index in [0.29, 0.717) is 5.88 Å². The lowest BCUT2D eigenvalue weighted by Crippen LogP contribution is -2.45. The molecule has 22 heavy (non-hydrogen) atoms. The summed E-state index contributed by atoms with van der Waals surface area (Å²) in [5, 5.41) is 0. The molecule has 1 aliphatic heterocycles. The van der Waals surface area contributed by atoms with E-state index in [9.17, 15) is 0 Å². The smallest absolute Gasteiger partial charge is 0.0474 e. The minimum Gasteiger partial charge on any atom is -0.369 e. The van der Waals surface area contributed by atoms with Crippen molar-refractivity contribution in [3.8, 4) is 0 Å². The number of halogens is 2. The molecule has 0 unspecified atom stereocenters. The average molecular weight is 380 g/mol. The van der Waals surface area contributed by atoms with Crippen LogP contribution in [0.25, 0.3) is 0 Å². The van der Waals surface area contributed by atoms with Crippen LogP contribution in [-0.2, 0) is 12.4 Å². The topological polar surface area (TPSA) is 6.48 Å². The Balaban J connectivity index is 1.53. The molecule has 0 amide bonds. The lowest BCUT2D eigenvalue weighted by molar-refractivity contribution is 0.250. The summed E-state index contributed by atoms with van der Waals surface area (Å²) in [4.78, 5) is 4.98. The molecule has 1 heterocycles. The molecule has 4 heteroatoms. The zero-order valence-corrected chi connectivity index (χ0v) is 14.9. The second-order valence-corrected chi connectivity index (χ2v) is 6.87. The van der Waals surface area contributed by atoms with Gasteiger partial charge in [0.1, 0.15) is 0 Å². The largest absolute Gasteiger partial charge is 0.369 e. The van der Waals surface area contributed by atoms with Gasteiger partial charge in [-0.3, -0.25) is 4.90 Å². The maximum absolute atomic E-state index is 5.84. The summed E-state index contributed by atoms with van der Waals surface area (Å²) < 4.78 is 1.13. The van der Waals surface area contributed by atoms with Crippen LogP contribution in [0, 0.1) is 0 Å². The van der Waals surface area contributed by atoms with Gasteiger partial charge in [0.05, 0.1) is 0 Å². The van der Waals surface area contributed by atoms with Crippen molar-refractivity contribution in [2.24, 2.45) is 0 Å². The minimum absolute atomic E-state index is 0.589. The number of anilines is 1. The molecular weight excluding hydrogens is 360 g/mol. The fraction of sp³-hybridized carbons (Fsp3) is 0.333. The standard InChI is InChI=1S/C18H20BrClN2/c19-17-5-7-18(8-6-17)22-11-9-21(10-12-22)14-16-3-1-15(13-20)2-4-16/h1-8H,9-14H2. The number of nitrogens with zero attached hydrogens (tertiary/aromatic N) is 2. The first-order chi connectivity index (χ1) is 10.7. The Hall–Kier alpha value is -1.03. The highest BCUT2D eigenvalue weighted by atomic mass is 79.9. The number of piperazine rings is 1. The van der Waals surface area contributed by atoms with Gasteiger partial charge in [-0.1, -0.05) is 40.2 Å². The van der Waals surface area contributed by atoms with E-state index < -0.39 is 0 Å². The van der Waals surface area contributed by atoms with Gasteiger partial charge >= 0.3 is 0 Å². The third-order valence-corrected chi connectivity index (χ3v) is 4.98. The first kappa shape index (κ1) is 15.9. The normalized spacial score (nSPS) is 16.0. The van der Waals surface area contributed by atoms with Gasteiger partial charge in [-0.2, -0.15) is 0 Å². The summed E-state index contributed by atoms with van der Waals surface area (Å²) in [5.74, 6) is 0.589. The number of hydrogen-bond acceptors (Lipinski definition) is 2. The Kier molecular flexibility index (Phi) is 5.40. The van der Waals surface area contributed by atoms with Crippen molar-refractivity contribution >= 4 is 33.2 Å². The van der Waals surface area contributed by atoms with E-state index >= 15 is 0 Å². The fourth-order valence-electron chi connectivity index (χ4n) is 2.81. The van der Waals surface area contributed by atoms with Crippen LogP contribution >= 0.6 is 27.5 Å². The molecule has 116 valence electrons. The van der Waals surface area contributed by atoms with Crippen LogP contribution in [0.15, 0.2) is 53.0 Å². The van der Waals surface area contributed by atoms with Gasteiger partial charge in [-0.25, -0.2) is 0 Å². The molecule has 1 fully saturated rings. The molecule has 0 aliphatic carbocycles. The maximum atomic E-state index is 5.84. The maximum Gasteiger partial charge on any atom is 0.0474 e. The Morgan fingerprint density at radius 1 is 0.818 bits per heavy atom. The van der Waals surface area contributed by atoms with Crippen LogP contribution in [0.5, 0.6) is 0 Å². The van der Waals surface area contributed by atoms with E-state index in [1.165, 1.54) is 16.8 Å². The van der Waals surface area contributed by atoms with Crippen molar-refractivity contribution < 1.29 is 0 Å². The van der Waals surface area contributed by atoms with Crippen LogP contribution in [0.2, 0.25) is 0 Å². The highest BCUT2D eigenvalue weighted by molar-refractivity contribution is 9.10. The van der Waals surface area contributed by atoms with Crippen molar-refractivity contribution in [2.45, 2.75) is 12.4 Å². The highest BCUT2D eigenvalue weighted by Gasteiger charge is 2.17. The van der Waals surface area contributed by atoms with Crippen molar-refractivity contribution in [3.63, 3.8) is 0 Å². The lowest BCUT2D eigenvalue weighted by atomic mass is 10.1. The van der Waals surface area contributed by atoms with Crippen molar-refractivity contribution in [1.29, 1.82) is 0 Å². The molecule has 3 rings (SSSR count). The molecule has 2 nitrogen and oxygen atoms in total. The molecule has 0 bridgehead atoms. The van der Waals surface area contributed by atoms with Crippen LogP contribution in [0.3, 0.4) is 0 Å². The quantitative estimate of drug-likeness (QED) is 0.721. The molecule has 0 spiro atoms. The summed E-state index contributed by atoms with van der Waals surface area (Å²) in [6.07, 6.45) is 0. The second kappa shape index (κ2) is 7.49. The Morgan fingerprint density at radius 3 is 2.00 bits per heavy atom. The van der Waals surface area contributed by atoms with Gasteiger partial charge in [0, 0.05) is 48.8 Å². The molecule has 1 aliphatic rings. The minimum atomic E-state index is 0.589. The molecule has 0 saturated carbocycles. The molecule has 0 atom stereocenters. The number of hydrogen-bond donors (Lipinski definition) is 0. The zero-order chi connectivity index (χ0) is 15.4. The van der Waals surface area contributed by atoms with E-state index in [-0.39, 0.29) is 0 Å². The Labute approximate surface area is 145 Å². The summed E-state index contributed by atoms with van der Waals surface area (Å²) >= 11 is 9.33. The SMILES string of the molecule is ClCc1ccc(CN2CCN(c3ccc(Br)cc3)CC2)cc1. The summed E-state index contributed by atoms with van der Waals surface area (Å²) in [6, 6.07) is 17.2. The van der Waals surface area contributed by atoms with Gasteiger partial charge in [-0.05, 0) is 35.4 Å². The first-order valence-corrected chi connectivity index (χ1v) is 8.94. The monoisotopic (exact) mass is 378 g/mol. The molecule has 0 aromatic heterocycles. The van der Waals surface area contributed by atoms with Crippen LogP contribution in [0.4, 0.5) is 5.69 Å². The highest BCUT2D eigenvalue weighted by Crippen LogP contribution is 2.20. The van der Waals surface area contributed by atoms with Gasteiger partial charge < -0.3 is 4.90 Å². The van der Waals surface area contributed by atoms with Gasteiger partial charge in [0.15, 0.2) is 0 Å². The zero-order valence-electron chi connectivity index (χ0n) is 12.5. The summed E-state index contributed by atoms with van der Waals surface area (Å²) in [7, 11) is 0. The van der Waals surface area contributed by atoms with E-state index in [1.54, 1.807) is 0 Å². The van der Waals surface area contributed by atoms with E-state index in [2.05, 4.69) is 74.3 Å². The van der Waals surface area contributed by atoms with Crippen LogP contribution < -0.4 is 4.90 Å². The number of benzene rings is 2. The molecular formula is C18H20BrClN2. The second-order valence-electron chi connectivity index (χ2n) is 5.69. The number of alkyl halides is 1. The lowest BCUT2D eigenvalue weighted by Gasteiger charge is -2.36. The predicted octanol–water partition coefficient (Wildman–Crippen LogP) is 4.51. The van der Waals surface area contributed by atoms with Crippen molar-refractivity contribution in [3.05, 3.63) is 64.1 Å². The van der Waals surface area contributed by atoms with Crippen molar-refractivity contribution in [2.75, 3.05) is 31.1 Å². The van der Waals surface area contributed by atoms with Gasteiger partial charge in [-0.15, -0.1) is 11.6 Å². The van der Waals surface area contributed by atoms with E-state index in [1.807, 2.05) is 0 Å². The molecule has 1 saturated heterocycles. The fourth-order valence-corrected chi connectivity index (χ4v) is 3.25. The molecule has 0 radical (unpaired) electrons. The predicted molar refractivity (Wildman–Crippen MR) is 97.6 cm³/mol. The first-order valence-electron chi connectivity index (χ1n) is 7.61. The summed E-state index contributed by atoms with van der Waals surface area (Å²) in [5.41, 5.74) is 3.87.